The lowest BCUT2D eigenvalue weighted by Crippen LogP contribution is -2.62. The van der Waals surface area contributed by atoms with E-state index < -0.39 is 0 Å². The van der Waals surface area contributed by atoms with Crippen molar-refractivity contribution < 1.29 is 14.3 Å². The van der Waals surface area contributed by atoms with Crippen LogP contribution < -0.4 is 5.32 Å². The van der Waals surface area contributed by atoms with Crippen LogP contribution in [0.1, 0.15) is 32.1 Å². The molecule has 0 saturated carbocycles. The molecule has 29 heavy (non-hydrogen) atoms. The molecule has 3 saturated heterocycles. The maximum Gasteiger partial charge on any atom is 0.323 e. The second-order valence-electron chi connectivity index (χ2n) is 7.21. The van der Waals surface area contributed by atoms with Gasteiger partial charge in [-0.1, -0.05) is 0 Å². The van der Waals surface area contributed by atoms with Gasteiger partial charge in [-0.05, 0) is 45.2 Å². The number of rotatable bonds is 5. The van der Waals surface area contributed by atoms with Gasteiger partial charge in [0.25, 0.3) is 0 Å². The fourth-order valence-electron chi connectivity index (χ4n) is 4.17. The Hall–Kier alpha value is -0.570. The molecule has 0 aromatic heterocycles. The summed E-state index contributed by atoms with van der Waals surface area (Å²) in [7, 11) is 1.41. The monoisotopic (exact) mass is 473 g/mol. The summed E-state index contributed by atoms with van der Waals surface area (Å²) in [6.07, 6.45) is 5.14. The van der Waals surface area contributed by atoms with Crippen LogP contribution in [-0.4, -0.2) is 97.5 Å². The largest absolute Gasteiger partial charge is 0.468 e. The lowest BCUT2D eigenvalue weighted by atomic mass is 10.0. The van der Waals surface area contributed by atoms with Crippen LogP contribution >= 0.6 is 37.2 Å². The Balaban J connectivity index is 0.00000261. The van der Waals surface area contributed by atoms with Crippen LogP contribution in [0.3, 0.4) is 0 Å². The Labute approximate surface area is 192 Å². The van der Waals surface area contributed by atoms with Gasteiger partial charge >= 0.3 is 5.97 Å². The van der Waals surface area contributed by atoms with Crippen molar-refractivity contribution in [1.29, 1.82) is 0 Å². The van der Waals surface area contributed by atoms with E-state index in [-0.39, 0.29) is 49.7 Å². The van der Waals surface area contributed by atoms with E-state index in [0.717, 1.165) is 65.1 Å². The van der Waals surface area contributed by atoms with Crippen LogP contribution in [0.5, 0.6) is 0 Å². The minimum absolute atomic E-state index is 0. The molecular weight excluding hydrogens is 441 g/mol. The number of hydrazine groups is 2. The third-order valence-electron chi connectivity index (χ3n) is 5.68. The summed E-state index contributed by atoms with van der Waals surface area (Å²) >= 11 is 0. The fraction of sp³-hybridized carbons (Fsp3) is 0.833. The lowest BCUT2D eigenvalue weighted by Gasteiger charge is -2.48. The molecule has 0 atom stereocenters. The minimum atomic E-state index is -0.290. The topological polar surface area (TPSA) is 68.4 Å². The molecule has 0 amide bonds. The summed E-state index contributed by atoms with van der Waals surface area (Å²) in [6.45, 7) is 6.74. The molecule has 1 N–H and O–H groups in total. The molecule has 0 radical (unpaired) electrons. The summed E-state index contributed by atoms with van der Waals surface area (Å²) in [6, 6.07) is 0.660. The van der Waals surface area contributed by atoms with E-state index in [4.69, 9.17) is 4.74 Å². The van der Waals surface area contributed by atoms with E-state index in [2.05, 4.69) is 21.2 Å². The van der Waals surface area contributed by atoms with Gasteiger partial charge in [-0.3, -0.25) is 14.7 Å². The molecule has 3 aliphatic heterocycles. The first-order chi connectivity index (χ1) is 12.7. The van der Waals surface area contributed by atoms with Crippen molar-refractivity contribution in [3.63, 3.8) is 0 Å². The zero-order chi connectivity index (χ0) is 18.4. The van der Waals surface area contributed by atoms with Crippen LogP contribution in [0.4, 0.5) is 0 Å². The van der Waals surface area contributed by atoms with Gasteiger partial charge in [0.2, 0.25) is 0 Å². The Morgan fingerprint density at radius 1 is 1.10 bits per heavy atom. The number of piperazine rings is 1. The van der Waals surface area contributed by atoms with Crippen LogP contribution in [0.15, 0.2) is 5.70 Å². The molecule has 3 aliphatic rings. The zero-order valence-corrected chi connectivity index (χ0v) is 19.5. The molecule has 3 rings (SSSR count). The van der Waals surface area contributed by atoms with Gasteiger partial charge in [-0.25, -0.2) is 9.80 Å². The molecule has 0 spiro atoms. The maximum absolute atomic E-state index is 12.0. The predicted octanol–water partition coefficient (Wildman–Crippen LogP) is 1.13. The summed E-state index contributed by atoms with van der Waals surface area (Å²) in [5.74, 6) is 1.79. The lowest BCUT2D eigenvalue weighted by molar-refractivity contribution is -0.197. The Morgan fingerprint density at radius 2 is 1.76 bits per heavy atom. The average Bonchev–Trinajstić information content (AvgIpc) is 2.72. The number of esters is 1. The SMILES string of the molecule is COC(=O)CN(N1CCN(C2CCNCC2)CC1)N1CCCCC1=C=O.Cl.Cl.Cl. The molecule has 170 valence electrons. The number of ether oxygens (including phenoxy) is 1. The molecule has 3 heterocycles. The second kappa shape index (κ2) is 14.4. The molecule has 0 unspecified atom stereocenters. The van der Waals surface area contributed by atoms with Crippen molar-refractivity contribution in [3.05, 3.63) is 5.70 Å². The summed E-state index contributed by atoms with van der Waals surface area (Å²) in [5, 5.41) is 9.47. The predicted molar refractivity (Wildman–Crippen MR) is 119 cm³/mol. The van der Waals surface area contributed by atoms with E-state index in [1.807, 2.05) is 10.1 Å². The summed E-state index contributed by atoms with van der Waals surface area (Å²) < 4.78 is 4.89. The summed E-state index contributed by atoms with van der Waals surface area (Å²) in [5.41, 5.74) is 0.640. The minimum Gasteiger partial charge on any atom is -0.468 e. The maximum atomic E-state index is 12.0. The molecular formula is C18H34Cl3N5O3. The van der Waals surface area contributed by atoms with Crippen molar-refractivity contribution in [2.75, 3.05) is 59.5 Å². The van der Waals surface area contributed by atoms with Gasteiger partial charge in [0.1, 0.15) is 18.2 Å². The molecule has 0 aromatic rings. The van der Waals surface area contributed by atoms with Gasteiger partial charge in [0.05, 0.1) is 7.11 Å². The average molecular weight is 475 g/mol. The van der Waals surface area contributed by atoms with Crippen molar-refractivity contribution in [3.8, 4) is 0 Å². The van der Waals surface area contributed by atoms with Gasteiger partial charge in [0.15, 0.2) is 0 Å². The highest BCUT2D eigenvalue weighted by molar-refractivity contribution is 5.86. The Morgan fingerprint density at radius 3 is 2.34 bits per heavy atom. The van der Waals surface area contributed by atoms with Crippen molar-refractivity contribution in [2.24, 2.45) is 0 Å². The van der Waals surface area contributed by atoms with Gasteiger partial charge in [-0.2, -0.15) is 0 Å². The van der Waals surface area contributed by atoms with Crippen molar-refractivity contribution in [2.45, 2.75) is 38.1 Å². The third-order valence-corrected chi connectivity index (χ3v) is 5.68. The van der Waals surface area contributed by atoms with Crippen molar-refractivity contribution in [1.82, 2.24) is 25.4 Å². The number of methoxy groups -OCH3 is 1. The number of piperidine rings is 2. The number of nitrogens with zero attached hydrogens (tertiary/aromatic N) is 4. The Kier molecular flexibility index (Phi) is 14.2. The van der Waals surface area contributed by atoms with Crippen LogP contribution in [0.2, 0.25) is 0 Å². The van der Waals surface area contributed by atoms with E-state index in [1.165, 1.54) is 20.0 Å². The first kappa shape index (κ1) is 28.4. The van der Waals surface area contributed by atoms with Gasteiger partial charge < -0.3 is 10.1 Å². The Bertz CT molecular complexity index is 537. The van der Waals surface area contributed by atoms with Crippen LogP contribution in [0.25, 0.3) is 0 Å². The highest BCUT2D eigenvalue weighted by atomic mass is 35.5. The quantitative estimate of drug-likeness (QED) is 0.470. The number of carbonyl (C=O) groups is 1. The van der Waals surface area contributed by atoms with E-state index >= 15 is 0 Å². The van der Waals surface area contributed by atoms with Gasteiger partial charge in [-0.15, -0.1) is 42.3 Å². The van der Waals surface area contributed by atoms with Crippen LogP contribution in [-0.2, 0) is 14.3 Å². The fourth-order valence-corrected chi connectivity index (χ4v) is 4.17. The third kappa shape index (κ3) is 7.56. The summed E-state index contributed by atoms with van der Waals surface area (Å²) in [4.78, 5) is 25.9. The molecule has 8 nitrogen and oxygen atoms in total. The standard InChI is InChI=1S/C18H31N5O3.3ClH/c1-26-18(25)14-23(22-9-3-2-4-17(22)15-24)21-12-10-20(11-13-21)16-5-7-19-8-6-16;;;/h16,19H,2-14H2,1H3;3*1H. The zero-order valence-electron chi connectivity index (χ0n) is 17.0. The molecule has 3 fully saturated rings. The first-order valence-corrected chi connectivity index (χ1v) is 9.78. The van der Waals surface area contributed by atoms with Gasteiger partial charge in [0, 0.05) is 38.8 Å². The number of halogens is 3. The molecule has 0 bridgehead atoms. The molecule has 0 aliphatic carbocycles. The number of hydrogen-bond acceptors (Lipinski definition) is 8. The number of allylic oxidation sites excluding steroid dienone is 1. The highest BCUT2D eigenvalue weighted by Gasteiger charge is 2.33. The van der Waals surface area contributed by atoms with E-state index in [9.17, 15) is 9.59 Å². The smallest absolute Gasteiger partial charge is 0.323 e. The van der Waals surface area contributed by atoms with E-state index in [0.29, 0.717) is 11.7 Å². The number of hydrogen-bond donors (Lipinski definition) is 1. The van der Waals surface area contributed by atoms with Crippen LogP contribution in [0, 0.1) is 0 Å². The van der Waals surface area contributed by atoms with E-state index in [1.54, 1.807) is 0 Å². The second-order valence-corrected chi connectivity index (χ2v) is 7.21. The molecule has 11 heteroatoms. The normalized spacial score (nSPS) is 21.4. The highest BCUT2D eigenvalue weighted by Crippen LogP contribution is 2.23. The first-order valence-electron chi connectivity index (χ1n) is 9.78. The molecule has 0 aromatic carbocycles. The van der Waals surface area contributed by atoms with Crippen molar-refractivity contribution >= 4 is 49.1 Å². The number of nitrogens with one attached hydrogen (secondary N) is 1. The number of carbonyl (C=O) groups excluding carboxylic acids is 2.